The van der Waals surface area contributed by atoms with E-state index in [0.29, 0.717) is 12.8 Å². The van der Waals surface area contributed by atoms with E-state index in [0.717, 1.165) is 6.07 Å². The van der Waals surface area contributed by atoms with Gasteiger partial charge < -0.3 is 5.73 Å². The molecule has 0 heterocycles. The third kappa shape index (κ3) is 2.85. The molecule has 0 radical (unpaired) electrons. The highest BCUT2D eigenvalue weighted by molar-refractivity contribution is 7.90. The third-order valence-electron chi connectivity index (χ3n) is 2.79. The van der Waals surface area contributed by atoms with E-state index in [-0.39, 0.29) is 28.8 Å². The van der Waals surface area contributed by atoms with Crippen molar-refractivity contribution in [3.8, 4) is 0 Å². The maximum absolute atomic E-state index is 13.6. The lowest BCUT2D eigenvalue weighted by molar-refractivity contribution is 0.573. The first-order chi connectivity index (χ1) is 8.40. The van der Waals surface area contributed by atoms with Crippen molar-refractivity contribution in [2.45, 2.75) is 24.6 Å². The fourth-order valence-corrected chi connectivity index (χ4v) is 2.88. The average Bonchev–Trinajstić information content (AvgIpc) is 3.11. The van der Waals surface area contributed by atoms with Gasteiger partial charge in [0.25, 0.3) is 0 Å². The van der Waals surface area contributed by atoms with E-state index in [1.807, 2.05) is 0 Å². The predicted octanol–water partition coefficient (Wildman–Crippen LogP) is 0.692. The quantitative estimate of drug-likeness (QED) is 0.543. The van der Waals surface area contributed by atoms with Gasteiger partial charge in [-0.2, -0.15) is 0 Å². The number of nitrogen functional groups attached to an aromatic ring is 1. The Hall–Kier alpha value is -1.47. The molecule has 4 N–H and O–H groups in total. The van der Waals surface area contributed by atoms with Gasteiger partial charge in [0.1, 0.15) is 11.7 Å². The number of sulfonamides is 1. The van der Waals surface area contributed by atoms with Gasteiger partial charge >= 0.3 is 0 Å². The molecule has 0 unspecified atom stereocenters. The Kier molecular flexibility index (Phi) is 3.36. The standard InChI is InChI=1S/C11H14FN3O2S/c12-10-5-7(11(13)14)1-2-8(10)6-15-18(16,17)9-3-4-9/h1-2,5,9,15H,3-4,6H2,(H3,13,14). The van der Waals surface area contributed by atoms with E-state index in [4.69, 9.17) is 11.1 Å². The first-order valence-electron chi connectivity index (χ1n) is 5.51. The van der Waals surface area contributed by atoms with Crippen molar-refractivity contribution < 1.29 is 12.8 Å². The molecule has 5 nitrogen and oxygen atoms in total. The normalized spacial score (nSPS) is 15.6. The lowest BCUT2D eigenvalue weighted by Gasteiger charge is -2.07. The van der Waals surface area contributed by atoms with Crippen LogP contribution in [0.15, 0.2) is 18.2 Å². The molecule has 2 rings (SSSR count). The lowest BCUT2D eigenvalue weighted by Crippen LogP contribution is -2.27. The van der Waals surface area contributed by atoms with Crippen molar-refractivity contribution in [3.63, 3.8) is 0 Å². The molecule has 7 heteroatoms. The maximum Gasteiger partial charge on any atom is 0.214 e. The number of benzene rings is 1. The number of hydrogen-bond donors (Lipinski definition) is 3. The van der Waals surface area contributed by atoms with Crippen LogP contribution in [0.25, 0.3) is 0 Å². The van der Waals surface area contributed by atoms with Crippen LogP contribution in [0.3, 0.4) is 0 Å². The van der Waals surface area contributed by atoms with Crippen molar-refractivity contribution in [1.82, 2.24) is 4.72 Å². The number of rotatable bonds is 5. The molecule has 0 amide bonds. The fraction of sp³-hybridized carbons (Fsp3) is 0.364. The van der Waals surface area contributed by atoms with E-state index in [9.17, 15) is 12.8 Å². The van der Waals surface area contributed by atoms with Gasteiger partial charge in [-0.15, -0.1) is 0 Å². The molecule has 1 aliphatic carbocycles. The maximum atomic E-state index is 13.6. The van der Waals surface area contributed by atoms with Crippen LogP contribution in [0.2, 0.25) is 0 Å². The largest absolute Gasteiger partial charge is 0.384 e. The second-order valence-corrected chi connectivity index (χ2v) is 6.33. The number of hydrogen-bond acceptors (Lipinski definition) is 3. The van der Waals surface area contributed by atoms with Gasteiger partial charge in [0.2, 0.25) is 10.0 Å². The Morgan fingerprint density at radius 1 is 1.50 bits per heavy atom. The SMILES string of the molecule is N=C(N)c1ccc(CNS(=O)(=O)C2CC2)c(F)c1. The molecular formula is C11H14FN3O2S. The molecule has 0 aromatic heterocycles. The Morgan fingerprint density at radius 2 is 2.17 bits per heavy atom. The van der Waals surface area contributed by atoms with Crippen LogP contribution in [0.4, 0.5) is 4.39 Å². The summed E-state index contributed by atoms with van der Waals surface area (Å²) in [5.74, 6) is -0.791. The molecule has 1 saturated carbocycles. The number of nitrogens with two attached hydrogens (primary N) is 1. The summed E-state index contributed by atoms with van der Waals surface area (Å²) in [6.45, 7) is -0.0805. The Balaban J connectivity index is 2.08. The summed E-state index contributed by atoms with van der Waals surface area (Å²) in [6, 6.07) is 4.05. The topological polar surface area (TPSA) is 96.0 Å². The molecule has 0 atom stereocenters. The van der Waals surface area contributed by atoms with Crippen molar-refractivity contribution in [2.75, 3.05) is 0 Å². The van der Waals surface area contributed by atoms with Crippen molar-refractivity contribution >= 4 is 15.9 Å². The van der Waals surface area contributed by atoms with Crippen LogP contribution >= 0.6 is 0 Å². The Morgan fingerprint density at radius 3 is 2.67 bits per heavy atom. The summed E-state index contributed by atoms with van der Waals surface area (Å²) in [6.07, 6.45) is 1.34. The van der Waals surface area contributed by atoms with E-state index >= 15 is 0 Å². The van der Waals surface area contributed by atoms with Crippen LogP contribution in [0, 0.1) is 11.2 Å². The number of halogens is 1. The highest BCUT2D eigenvalue weighted by Crippen LogP contribution is 2.27. The summed E-state index contributed by atoms with van der Waals surface area (Å²) in [7, 11) is -3.31. The van der Waals surface area contributed by atoms with E-state index < -0.39 is 15.8 Å². The predicted molar refractivity (Wildman–Crippen MR) is 66.2 cm³/mol. The molecule has 1 fully saturated rings. The molecule has 98 valence electrons. The number of nitrogens with one attached hydrogen (secondary N) is 2. The fourth-order valence-electron chi connectivity index (χ4n) is 1.53. The van der Waals surface area contributed by atoms with Gasteiger partial charge in [0.15, 0.2) is 0 Å². The minimum atomic E-state index is -3.31. The van der Waals surface area contributed by atoms with Gasteiger partial charge in [-0.3, -0.25) is 5.41 Å². The molecule has 0 spiro atoms. The van der Waals surface area contributed by atoms with Gasteiger partial charge in [-0.05, 0) is 18.9 Å². The summed E-state index contributed by atoms with van der Waals surface area (Å²) < 4.78 is 39.1. The second kappa shape index (κ2) is 4.66. The average molecular weight is 271 g/mol. The zero-order chi connectivity index (χ0) is 13.3. The molecule has 18 heavy (non-hydrogen) atoms. The smallest absolute Gasteiger partial charge is 0.214 e. The first kappa shape index (κ1) is 13.0. The molecule has 1 aromatic rings. The summed E-state index contributed by atoms with van der Waals surface area (Å²) in [5.41, 5.74) is 5.75. The van der Waals surface area contributed by atoms with Gasteiger partial charge in [0, 0.05) is 17.7 Å². The highest BCUT2D eigenvalue weighted by atomic mass is 32.2. The van der Waals surface area contributed by atoms with Crippen LogP contribution in [0.1, 0.15) is 24.0 Å². The van der Waals surface area contributed by atoms with Crippen molar-refractivity contribution in [3.05, 3.63) is 35.1 Å². The summed E-state index contributed by atoms with van der Waals surface area (Å²) in [4.78, 5) is 0. The molecule has 1 aromatic carbocycles. The van der Waals surface area contributed by atoms with E-state index in [1.54, 1.807) is 0 Å². The minimum absolute atomic E-state index is 0.0805. The summed E-state index contributed by atoms with van der Waals surface area (Å²) >= 11 is 0. The van der Waals surface area contributed by atoms with Crippen LogP contribution in [-0.4, -0.2) is 19.5 Å². The van der Waals surface area contributed by atoms with Crippen LogP contribution in [0.5, 0.6) is 0 Å². The third-order valence-corrected chi connectivity index (χ3v) is 4.69. The van der Waals surface area contributed by atoms with Gasteiger partial charge in [-0.1, -0.05) is 12.1 Å². The van der Waals surface area contributed by atoms with Crippen molar-refractivity contribution in [1.29, 1.82) is 5.41 Å². The zero-order valence-electron chi connectivity index (χ0n) is 9.61. The second-order valence-electron chi connectivity index (χ2n) is 4.29. The lowest BCUT2D eigenvalue weighted by atomic mass is 10.1. The Bertz CT molecular complexity index is 582. The van der Waals surface area contributed by atoms with Crippen molar-refractivity contribution in [2.24, 2.45) is 5.73 Å². The monoisotopic (exact) mass is 271 g/mol. The molecular weight excluding hydrogens is 257 g/mol. The Labute approximate surface area is 105 Å². The van der Waals surface area contributed by atoms with E-state index in [2.05, 4.69) is 4.72 Å². The van der Waals surface area contributed by atoms with E-state index in [1.165, 1.54) is 12.1 Å². The molecule has 0 bridgehead atoms. The van der Waals surface area contributed by atoms with Gasteiger partial charge in [-0.25, -0.2) is 17.5 Å². The highest BCUT2D eigenvalue weighted by Gasteiger charge is 2.35. The minimum Gasteiger partial charge on any atom is -0.384 e. The van der Waals surface area contributed by atoms with Crippen LogP contribution < -0.4 is 10.5 Å². The molecule has 0 aliphatic heterocycles. The number of amidine groups is 1. The molecule has 0 saturated heterocycles. The summed E-state index contributed by atoms with van der Waals surface area (Å²) in [5, 5.41) is 6.85. The molecule has 1 aliphatic rings. The van der Waals surface area contributed by atoms with Gasteiger partial charge in [0.05, 0.1) is 5.25 Å². The first-order valence-corrected chi connectivity index (χ1v) is 7.06. The van der Waals surface area contributed by atoms with Crippen LogP contribution in [-0.2, 0) is 16.6 Å². The zero-order valence-corrected chi connectivity index (χ0v) is 10.4.